The molecule has 0 aliphatic carbocycles. The number of carbonyl (C=O) groups excluding carboxylic acids is 1. The number of ether oxygens (including phenoxy) is 1. The van der Waals surface area contributed by atoms with Gasteiger partial charge in [0.05, 0.1) is 6.61 Å². The maximum Gasteiger partial charge on any atom is 0.270 e. The lowest BCUT2D eigenvalue weighted by molar-refractivity contribution is 0.0948. The molecule has 1 aromatic heterocycles. The largest absolute Gasteiger partial charge is 0.383 e. The van der Waals surface area contributed by atoms with Gasteiger partial charge in [0.2, 0.25) is 0 Å². The van der Waals surface area contributed by atoms with Crippen molar-refractivity contribution in [3.8, 4) is 0 Å². The zero-order valence-corrected chi connectivity index (χ0v) is 10.9. The van der Waals surface area contributed by atoms with Gasteiger partial charge in [0.25, 0.3) is 5.91 Å². The molecule has 1 amide bonds. The second-order valence-electron chi connectivity index (χ2n) is 3.82. The van der Waals surface area contributed by atoms with Crippen LogP contribution in [0.1, 0.15) is 30.3 Å². The van der Waals surface area contributed by atoms with Gasteiger partial charge in [0.15, 0.2) is 0 Å². The number of aromatic nitrogens is 2. The molecule has 6 heteroatoms. The van der Waals surface area contributed by atoms with E-state index >= 15 is 0 Å². The van der Waals surface area contributed by atoms with Gasteiger partial charge in [-0.15, -0.1) is 0 Å². The minimum absolute atomic E-state index is 0.166. The monoisotopic (exact) mass is 252 g/mol. The van der Waals surface area contributed by atoms with Crippen molar-refractivity contribution < 1.29 is 9.53 Å². The molecule has 0 unspecified atom stereocenters. The summed E-state index contributed by atoms with van der Waals surface area (Å²) in [6, 6.07) is 1.64. The Bertz CT molecular complexity index is 371. The Balaban J connectivity index is 2.49. The van der Waals surface area contributed by atoms with Crippen molar-refractivity contribution in [3.05, 3.63) is 18.1 Å². The molecule has 1 aromatic rings. The number of rotatable bonds is 8. The van der Waals surface area contributed by atoms with E-state index in [2.05, 4.69) is 27.5 Å². The van der Waals surface area contributed by atoms with E-state index in [4.69, 9.17) is 4.74 Å². The number of hydrogen-bond acceptors (Lipinski definition) is 5. The molecule has 18 heavy (non-hydrogen) atoms. The van der Waals surface area contributed by atoms with Crippen LogP contribution in [0.2, 0.25) is 0 Å². The Kier molecular flexibility index (Phi) is 6.71. The highest BCUT2D eigenvalue weighted by Crippen LogP contribution is 2.03. The molecule has 1 rings (SSSR count). The number of nitrogens with zero attached hydrogens (tertiary/aromatic N) is 2. The Labute approximate surface area is 107 Å². The highest BCUT2D eigenvalue weighted by Gasteiger charge is 2.07. The van der Waals surface area contributed by atoms with Crippen LogP contribution in [0.4, 0.5) is 5.82 Å². The summed E-state index contributed by atoms with van der Waals surface area (Å²) in [5.74, 6) is 0.461. The molecule has 0 atom stereocenters. The zero-order chi connectivity index (χ0) is 13.2. The smallest absolute Gasteiger partial charge is 0.270 e. The average Bonchev–Trinajstić information content (AvgIpc) is 2.39. The molecular formula is C12H20N4O2. The van der Waals surface area contributed by atoms with Gasteiger partial charge in [0, 0.05) is 26.3 Å². The number of hydrogen-bond donors (Lipinski definition) is 2. The average molecular weight is 252 g/mol. The van der Waals surface area contributed by atoms with Crippen molar-refractivity contribution in [2.45, 2.75) is 19.8 Å². The van der Waals surface area contributed by atoms with Crippen molar-refractivity contribution in [1.29, 1.82) is 0 Å². The lowest BCUT2D eigenvalue weighted by atomic mass is 10.3. The minimum atomic E-state index is -0.166. The standard InChI is InChI=1S/C12H20N4O2/c1-3-4-5-14-12(17)10-8-11(16-9-15-10)13-6-7-18-2/h8-9H,3-7H2,1-2H3,(H,14,17)(H,13,15,16). The van der Waals surface area contributed by atoms with Crippen LogP contribution in [0.5, 0.6) is 0 Å². The quantitative estimate of drug-likeness (QED) is 0.677. The number of unbranched alkanes of at least 4 members (excludes halogenated alkanes) is 1. The van der Waals surface area contributed by atoms with Crippen molar-refractivity contribution in [3.63, 3.8) is 0 Å². The molecule has 0 spiro atoms. The summed E-state index contributed by atoms with van der Waals surface area (Å²) in [6.07, 6.45) is 3.40. The van der Waals surface area contributed by atoms with Gasteiger partial charge < -0.3 is 15.4 Å². The summed E-state index contributed by atoms with van der Waals surface area (Å²) in [6.45, 7) is 3.98. The van der Waals surface area contributed by atoms with Crippen LogP contribution in [0.3, 0.4) is 0 Å². The maximum absolute atomic E-state index is 11.7. The van der Waals surface area contributed by atoms with Crippen LogP contribution in [0, 0.1) is 0 Å². The van der Waals surface area contributed by atoms with Crippen molar-refractivity contribution in [2.75, 3.05) is 32.1 Å². The SMILES string of the molecule is CCCCNC(=O)c1cc(NCCOC)ncn1. The number of carbonyl (C=O) groups is 1. The predicted octanol–water partition coefficient (Wildman–Crippen LogP) is 1.06. The Morgan fingerprint density at radius 3 is 2.94 bits per heavy atom. The summed E-state index contributed by atoms with van der Waals surface area (Å²) in [5.41, 5.74) is 0.376. The highest BCUT2D eigenvalue weighted by molar-refractivity contribution is 5.92. The van der Waals surface area contributed by atoms with Crippen LogP contribution >= 0.6 is 0 Å². The number of methoxy groups -OCH3 is 1. The molecule has 0 saturated heterocycles. The van der Waals surface area contributed by atoms with Gasteiger partial charge in [-0.2, -0.15) is 0 Å². The third kappa shape index (κ3) is 5.09. The molecule has 2 N–H and O–H groups in total. The highest BCUT2D eigenvalue weighted by atomic mass is 16.5. The van der Waals surface area contributed by atoms with Crippen molar-refractivity contribution in [1.82, 2.24) is 15.3 Å². The van der Waals surface area contributed by atoms with Gasteiger partial charge in [-0.25, -0.2) is 9.97 Å². The number of amides is 1. The molecule has 1 heterocycles. The van der Waals surface area contributed by atoms with Gasteiger partial charge in [0.1, 0.15) is 17.8 Å². The van der Waals surface area contributed by atoms with E-state index in [1.807, 2.05) is 0 Å². The fourth-order valence-electron chi connectivity index (χ4n) is 1.33. The van der Waals surface area contributed by atoms with Crippen LogP contribution in [0.15, 0.2) is 12.4 Å². The summed E-state index contributed by atoms with van der Waals surface area (Å²) >= 11 is 0. The molecule has 0 aliphatic rings. The predicted molar refractivity (Wildman–Crippen MR) is 69.6 cm³/mol. The van der Waals surface area contributed by atoms with Gasteiger partial charge in [-0.3, -0.25) is 4.79 Å². The van der Waals surface area contributed by atoms with E-state index in [0.717, 1.165) is 12.8 Å². The molecule has 0 aliphatic heterocycles. The minimum Gasteiger partial charge on any atom is -0.383 e. The second-order valence-corrected chi connectivity index (χ2v) is 3.82. The van der Waals surface area contributed by atoms with Crippen LogP contribution in [0.25, 0.3) is 0 Å². The summed E-state index contributed by atoms with van der Waals surface area (Å²) < 4.78 is 4.92. The van der Waals surface area contributed by atoms with Crippen LogP contribution in [-0.2, 0) is 4.74 Å². The summed E-state index contributed by atoms with van der Waals surface area (Å²) in [5, 5.41) is 5.86. The fourth-order valence-corrected chi connectivity index (χ4v) is 1.33. The Morgan fingerprint density at radius 1 is 1.39 bits per heavy atom. The lowest BCUT2D eigenvalue weighted by Crippen LogP contribution is -2.25. The molecule has 0 fully saturated rings. The van der Waals surface area contributed by atoms with E-state index in [9.17, 15) is 4.79 Å². The van der Waals surface area contributed by atoms with Crippen LogP contribution in [-0.4, -0.2) is 42.7 Å². The first-order valence-corrected chi connectivity index (χ1v) is 6.11. The van der Waals surface area contributed by atoms with Crippen molar-refractivity contribution >= 4 is 11.7 Å². The molecule has 0 bridgehead atoms. The number of nitrogens with one attached hydrogen (secondary N) is 2. The third-order valence-corrected chi connectivity index (χ3v) is 2.33. The van der Waals surface area contributed by atoms with Gasteiger partial charge in [-0.1, -0.05) is 13.3 Å². The number of anilines is 1. The fraction of sp³-hybridized carbons (Fsp3) is 0.583. The first-order chi connectivity index (χ1) is 8.77. The molecule has 0 radical (unpaired) electrons. The van der Waals surface area contributed by atoms with E-state index in [-0.39, 0.29) is 5.91 Å². The Hall–Kier alpha value is -1.69. The van der Waals surface area contributed by atoms with E-state index in [1.54, 1.807) is 13.2 Å². The molecule has 0 saturated carbocycles. The normalized spacial score (nSPS) is 10.1. The lowest BCUT2D eigenvalue weighted by Gasteiger charge is -2.06. The van der Waals surface area contributed by atoms with Crippen molar-refractivity contribution in [2.24, 2.45) is 0 Å². The van der Waals surface area contributed by atoms with Gasteiger partial charge in [-0.05, 0) is 6.42 Å². The third-order valence-electron chi connectivity index (χ3n) is 2.33. The van der Waals surface area contributed by atoms with E-state index < -0.39 is 0 Å². The van der Waals surface area contributed by atoms with E-state index in [0.29, 0.717) is 31.2 Å². The first kappa shape index (κ1) is 14.4. The molecule has 0 aromatic carbocycles. The molecular weight excluding hydrogens is 232 g/mol. The second kappa shape index (κ2) is 8.41. The zero-order valence-electron chi connectivity index (χ0n) is 10.9. The summed E-state index contributed by atoms with van der Waals surface area (Å²) in [7, 11) is 1.63. The molecule has 6 nitrogen and oxygen atoms in total. The topological polar surface area (TPSA) is 76.1 Å². The van der Waals surface area contributed by atoms with Gasteiger partial charge >= 0.3 is 0 Å². The van der Waals surface area contributed by atoms with E-state index in [1.165, 1.54) is 6.33 Å². The van der Waals surface area contributed by atoms with Crippen LogP contribution < -0.4 is 10.6 Å². The first-order valence-electron chi connectivity index (χ1n) is 6.11. The molecule has 100 valence electrons. The Morgan fingerprint density at radius 2 is 2.22 bits per heavy atom. The maximum atomic E-state index is 11.7. The summed E-state index contributed by atoms with van der Waals surface area (Å²) in [4.78, 5) is 19.7.